The Morgan fingerprint density at radius 2 is 1.56 bits per heavy atom. The van der Waals surface area contributed by atoms with Gasteiger partial charge in [0.05, 0.1) is 0 Å². The second-order valence-corrected chi connectivity index (χ2v) is 2.31. The molecular weight excluding hydrogens is 228 g/mol. The molecule has 0 atom stereocenters. The summed E-state index contributed by atoms with van der Waals surface area (Å²) in [5.74, 6) is 0.978. The van der Waals surface area contributed by atoms with Crippen LogP contribution in [-0.2, 0) is 22.4 Å². The summed E-state index contributed by atoms with van der Waals surface area (Å²) in [6, 6.07) is 0. The van der Waals surface area contributed by atoms with Crippen LogP contribution in [0.25, 0.3) is 0 Å². The molecule has 0 aromatic rings. The Kier molecular flexibility index (Phi) is 16.7. The van der Waals surface area contributed by atoms with Gasteiger partial charge in [0.25, 0.3) is 0 Å². The Morgan fingerprint density at radius 1 is 1.00 bits per heavy atom. The van der Waals surface area contributed by atoms with Crippen molar-refractivity contribution < 1.29 is 27.5 Å². The van der Waals surface area contributed by atoms with Gasteiger partial charge in [-0.2, -0.15) is 12.6 Å². The fraction of sp³-hybridized carbons (Fsp3) is 1.00. The van der Waals surface area contributed by atoms with Crippen molar-refractivity contribution >= 4 is 12.6 Å². The Bertz CT molecular complexity index is 38.0. The summed E-state index contributed by atoms with van der Waals surface area (Å²) in [4.78, 5) is 0. The molecule has 0 saturated carbocycles. The second kappa shape index (κ2) is 11.8. The van der Waals surface area contributed by atoms with E-state index in [-0.39, 0.29) is 22.4 Å². The SMILES string of the molecule is OCCCCCCS.[Ag]. The summed E-state index contributed by atoms with van der Waals surface area (Å²) in [6.07, 6.45) is 4.50. The van der Waals surface area contributed by atoms with Gasteiger partial charge in [0.1, 0.15) is 0 Å². The first-order valence-corrected chi connectivity index (χ1v) is 3.76. The maximum atomic E-state index is 8.35. The average Bonchev–Trinajstić information content (AvgIpc) is 1.81. The predicted octanol–water partition coefficient (Wildman–Crippen LogP) is 1.47. The smallest absolute Gasteiger partial charge is 0.0431 e. The van der Waals surface area contributed by atoms with E-state index in [1.807, 2.05) is 0 Å². The van der Waals surface area contributed by atoms with E-state index < -0.39 is 0 Å². The van der Waals surface area contributed by atoms with E-state index in [1.54, 1.807) is 0 Å². The fourth-order valence-electron chi connectivity index (χ4n) is 0.577. The van der Waals surface area contributed by atoms with E-state index >= 15 is 0 Å². The van der Waals surface area contributed by atoms with Gasteiger partial charge in [-0.15, -0.1) is 0 Å². The molecule has 61 valence electrons. The molecule has 0 aliphatic heterocycles. The van der Waals surface area contributed by atoms with Gasteiger partial charge in [-0.1, -0.05) is 12.8 Å². The topological polar surface area (TPSA) is 20.2 Å². The van der Waals surface area contributed by atoms with Gasteiger partial charge < -0.3 is 5.11 Å². The van der Waals surface area contributed by atoms with Crippen molar-refractivity contribution in [1.29, 1.82) is 0 Å². The number of hydrogen-bond acceptors (Lipinski definition) is 2. The van der Waals surface area contributed by atoms with E-state index in [0.29, 0.717) is 6.61 Å². The zero-order chi connectivity index (χ0) is 6.24. The maximum absolute atomic E-state index is 8.35. The normalized spacial score (nSPS) is 8.67. The van der Waals surface area contributed by atoms with Crippen molar-refractivity contribution in [1.82, 2.24) is 0 Å². The Balaban J connectivity index is 0. The second-order valence-electron chi connectivity index (χ2n) is 1.86. The molecule has 0 heterocycles. The Hall–Kier alpha value is 1.05. The molecule has 0 bridgehead atoms. The summed E-state index contributed by atoms with van der Waals surface area (Å²) in [6.45, 7) is 0.340. The third-order valence-corrected chi connectivity index (χ3v) is 1.38. The van der Waals surface area contributed by atoms with E-state index in [0.717, 1.165) is 18.6 Å². The standard InChI is InChI=1S/C6H14OS.Ag/c7-5-3-1-2-4-6-8;/h7-8H,1-6H2;. The van der Waals surface area contributed by atoms with Crippen molar-refractivity contribution in [3.8, 4) is 0 Å². The molecule has 1 nitrogen and oxygen atoms in total. The van der Waals surface area contributed by atoms with Crippen LogP contribution >= 0.6 is 12.6 Å². The zero-order valence-corrected chi connectivity index (χ0v) is 7.82. The van der Waals surface area contributed by atoms with E-state index in [1.165, 1.54) is 12.8 Å². The van der Waals surface area contributed by atoms with Crippen molar-refractivity contribution in [2.45, 2.75) is 25.7 Å². The number of aliphatic hydroxyl groups excluding tert-OH is 1. The molecule has 0 aliphatic rings. The number of hydrogen-bond donors (Lipinski definition) is 2. The van der Waals surface area contributed by atoms with Gasteiger partial charge in [-0.3, -0.25) is 0 Å². The van der Waals surface area contributed by atoms with Gasteiger partial charge in [0.2, 0.25) is 0 Å². The molecule has 0 aromatic carbocycles. The molecule has 0 saturated heterocycles. The van der Waals surface area contributed by atoms with Crippen LogP contribution in [0.15, 0.2) is 0 Å². The quantitative estimate of drug-likeness (QED) is 0.425. The minimum atomic E-state index is 0. The van der Waals surface area contributed by atoms with Crippen molar-refractivity contribution in [2.24, 2.45) is 0 Å². The van der Waals surface area contributed by atoms with Gasteiger partial charge in [0, 0.05) is 29.0 Å². The van der Waals surface area contributed by atoms with Crippen LogP contribution in [-0.4, -0.2) is 17.5 Å². The molecule has 1 radical (unpaired) electrons. The zero-order valence-electron chi connectivity index (χ0n) is 5.44. The first kappa shape index (κ1) is 12.7. The summed E-state index contributed by atoms with van der Waals surface area (Å²) < 4.78 is 0. The maximum Gasteiger partial charge on any atom is 0.0431 e. The minimum Gasteiger partial charge on any atom is -0.396 e. The van der Waals surface area contributed by atoms with Crippen molar-refractivity contribution in [3.05, 3.63) is 0 Å². The molecule has 0 aliphatic carbocycles. The molecule has 0 aromatic heterocycles. The van der Waals surface area contributed by atoms with Crippen LogP contribution in [0.3, 0.4) is 0 Å². The Labute approximate surface area is 78.1 Å². The average molecular weight is 242 g/mol. The molecule has 0 unspecified atom stereocenters. The van der Waals surface area contributed by atoms with Crippen LogP contribution in [0, 0.1) is 0 Å². The molecule has 1 N–H and O–H groups in total. The monoisotopic (exact) mass is 241 g/mol. The summed E-state index contributed by atoms with van der Waals surface area (Å²) in [5, 5.41) is 8.35. The summed E-state index contributed by atoms with van der Waals surface area (Å²) in [5.41, 5.74) is 0. The van der Waals surface area contributed by atoms with Gasteiger partial charge in [0.15, 0.2) is 0 Å². The summed E-state index contributed by atoms with van der Waals surface area (Å²) >= 11 is 4.06. The third kappa shape index (κ3) is 12.3. The van der Waals surface area contributed by atoms with Crippen LogP contribution < -0.4 is 0 Å². The first-order valence-electron chi connectivity index (χ1n) is 3.13. The summed E-state index contributed by atoms with van der Waals surface area (Å²) in [7, 11) is 0. The fourth-order valence-corrected chi connectivity index (χ4v) is 0.801. The van der Waals surface area contributed by atoms with E-state index in [2.05, 4.69) is 12.6 Å². The molecule has 0 spiro atoms. The molecule has 0 rings (SSSR count). The number of unbranched alkanes of at least 4 members (excludes halogenated alkanes) is 3. The molecule has 0 amide bonds. The van der Waals surface area contributed by atoms with E-state index in [4.69, 9.17) is 5.11 Å². The number of aliphatic hydroxyl groups is 1. The predicted molar refractivity (Wildman–Crippen MR) is 39.4 cm³/mol. The van der Waals surface area contributed by atoms with Gasteiger partial charge >= 0.3 is 0 Å². The van der Waals surface area contributed by atoms with Crippen LogP contribution in [0.4, 0.5) is 0 Å². The van der Waals surface area contributed by atoms with Crippen LogP contribution in [0.2, 0.25) is 0 Å². The Morgan fingerprint density at radius 3 is 2.00 bits per heavy atom. The molecular formula is C6H14AgOS. The van der Waals surface area contributed by atoms with E-state index in [9.17, 15) is 0 Å². The van der Waals surface area contributed by atoms with Crippen LogP contribution in [0.5, 0.6) is 0 Å². The van der Waals surface area contributed by atoms with Crippen molar-refractivity contribution in [3.63, 3.8) is 0 Å². The number of rotatable bonds is 5. The molecule has 9 heavy (non-hydrogen) atoms. The molecule has 0 fully saturated rings. The first-order chi connectivity index (χ1) is 3.91. The van der Waals surface area contributed by atoms with Crippen LogP contribution in [0.1, 0.15) is 25.7 Å². The van der Waals surface area contributed by atoms with Gasteiger partial charge in [-0.05, 0) is 18.6 Å². The number of thiol groups is 1. The minimum absolute atomic E-state index is 0. The van der Waals surface area contributed by atoms with Crippen molar-refractivity contribution in [2.75, 3.05) is 12.4 Å². The largest absolute Gasteiger partial charge is 0.396 e. The molecule has 3 heteroatoms. The van der Waals surface area contributed by atoms with Gasteiger partial charge in [-0.25, -0.2) is 0 Å². The third-order valence-electron chi connectivity index (χ3n) is 1.07.